The number of nitrogens with one attached hydrogen (secondary N) is 2. The third-order valence-electron chi connectivity index (χ3n) is 5.05. The number of carbonyl (C=O) groups excluding carboxylic acids is 1. The fourth-order valence-corrected chi connectivity index (χ4v) is 3.90. The van der Waals surface area contributed by atoms with Crippen molar-refractivity contribution in [3.8, 4) is 0 Å². The minimum atomic E-state index is -0.119. The fraction of sp³-hybridized carbons (Fsp3) is 0.500. The van der Waals surface area contributed by atoms with Crippen LogP contribution in [0, 0.1) is 0 Å². The quantitative estimate of drug-likeness (QED) is 0.854. The maximum Gasteiger partial charge on any atom is 0.272 e. The van der Waals surface area contributed by atoms with Crippen molar-refractivity contribution in [1.29, 1.82) is 0 Å². The van der Waals surface area contributed by atoms with E-state index in [1.54, 1.807) is 12.3 Å². The second kappa shape index (κ2) is 7.63. The zero-order valence-corrected chi connectivity index (χ0v) is 15.3. The third kappa shape index (κ3) is 3.68. The number of amides is 1. The second-order valence-electron chi connectivity index (χ2n) is 6.90. The maximum absolute atomic E-state index is 12.5. The predicted octanol–water partition coefficient (Wildman–Crippen LogP) is 1.86. The molecular formula is C18H23ClN6O. The molecule has 0 saturated carbocycles. The van der Waals surface area contributed by atoms with Crippen LogP contribution in [0.4, 0.5) is 5.82 Å². The van der Waals surface area contributed by atoms with Gasteiger partial charge in [-0.05, 0) is 44.0 Å². The van der Waals surface area contributed by atoms with Gasteiger partial charge in [-0.1, -0.05) is 11.6 Å². The van der Waals surface area contributed by atoms with Gasteiger partial charge >= 0.3 is 0 Å². The van der Waals surface area contributed by atoms with E-state index in [2.05, 4.69) is 25.6 Å². The Bertz CT molecular complexity index is 773. The summed E-state index contributed by atoms with van der Waals surface area (Å²) in [6, 6.07) is 5.86. The summed E-state index contributed by atoms with van der Waals surface area (Å²) in [5, 5.41) is 11.6. The average Bonchev–Trinajstić information content (AvgIpc) is 3.33. The van der Waals surface area contributed by atoms with Crippen LogP contribution in [0.3, 0.4) is 0 Å². The summed E-state index contributed by atoms with van der Waals surface area (Å²) in [6.07, 6.45) is 6.74. The lowest BCUT2D eigenvalue weighted by molar-refractivity contribution is 0.0934. The Morgan fingerprint density at radius 2 is 2.27 bits per heavy atom. The lowest BCUT2D eigenvalue weighted by atomic mass is 10.1. The molecule has 0 radical (unpaired) electrons. The largest absolute Gasteiger partial charge is 0.353 e. The molecule has 2 atom stereocenters. The number of hydrogen-bond acceptors (Lipinski definition) is 5. The van der Waals surface area contributed by atoms with Crippen molar-refractivity contribution in [1.82, 2.24) is 25.4 Å². The standard InChI is InChI=1S/C18H23ClN6O/c19-15-4-2-8-21-17(15)24-9-5-13(12-24)22-18(26)16-6-10-25(23-16)14-3-1-7-20-11-14/h2,4,6,8,10,13-14,20H,1,3,5,7,9,11-12H2,(H,22,26). The molecule has 0 bridgehead atoms. The summed E-state index contributed by atoms with van der Waals surface area (Å²) in [5.41, 5.74) is 0.477. The maximum atomic E-state index is 12.5. The highest BCUT2D eigenvalue weighted by Gasteiger charge is 2.27. The van der Waals surface area contributed by atoms with Gasteiger partial charge in [0.1, 0.15) is 11.5 Å². The van der Waals surface area contributed by atoms with Crippen LogP contribution >= 0.6 is 11.6 Å². The van der Waals surface area contributed by atoms with Crippen LogP contribution < -0.4 is 15.5 Å². The van der Waals surface area contributed by atoms with Gasteiger partial charge in [-0.25, -0.2) is 4.98 Å². The molecule has 8 heteroatoms. The van der Waals surface area contributed by atoms with Gasteiger partial charge in [-0.15, -0.1) is 0 Å². The number of hydrogen-bond donors (Lipinski definition) is 2. The van der Waals surface area contributed by atoms with Gasteiger partial charge in [0.05, 0.1) is 11.1 Å². The lowest BCUT2D eigenvalue weighted by Gasteiger charge is -2.22. The normalized spacial score (nSPS) is 23.2. The Hall–Kier alpha value is -2.12. The molecule has 4 rings (SSSR count). The molecule has 2 saturated heterocycles. The van der Waals surface area contributed by atoms with Crippen LogP contribution in [0.1, 0.15) is 35.8 Å². The summed E-state index contributed by atoms with van der Waals surface area (Å²) in [4.78, 5) is 19.0. The molecule has 138 valence electrons. The van der Waals surface area contributed by atoms with E-state index < -0.39 is 0 Å². The first kappa shape index (κ1) is 17.3. The van der Waals surface area contributed by atoms with Crippen molar-refractivity contribution in [3.63, 3.8) is 0 Å². The predicted molar refractivity (Wildman–Crippen MR) is 101 cm³/mol. The number of aromatic nitrogens is 3. The highest BCUT2D eigenvalue weighted by atomic mass is 35.5. The number of pyridine rings is 1. The summed E-state index contributed by atoms with van der Waals surface area (Å²) in [5.74, 6) is 0.659. The summed E-state index contributed by atoms with van der Waals surface area (Å²) >= 11 is 6.22. The van der Waals surface area contributed by atoms with Crippen molar-refractivity contribution in [2.45, 2.75) is 31.3 Å². The van der Waals surface area contributed by atoms with Crippen LogP contribution in [0.15, 0.2) is 30.6 Å². The Labute approximate surface area is 157 Å². The topological polar surface area (TPSA) is 75.1 Å². The van der Waals surface area contributed by atoms with Crippen molar-refractivity contribution in [2.75, 3.05) is 31.1 Å². The molecular weight excluding hydrogens is 352 g/mol. The average molecular weight is 375 g/mol. The van der Waals surface area contributed by atoms with Crippen molar-refractivity contribution in [2.24, 2.45) is 0 Å². The van der Waals surface area contributed by atoms with E-state index >= 15 is 0 Å². The molecule has 2 aliphatic rings. The van der Waals surface area contributed by atoms with Crippen LogP contribution in [0.25, 0.3) is 0 Å². The number of rotatable bonds is 4. The number of halogens is 1. The molecule has 2 unspecified atom stereocenters. The Morgan fingerprint density at radius 1 is 1.35 bits per heavy atom. The molecule has 2 aliphatic heterocycles. The van der Waals surface area contributed by atoms with Crippen molar-refractivity contribution < 1.29 is 4.79 Å². The Balaban J connectivity index is 1.35. The summed E-state index contributed by atoms with van der Waals surface area (Å²) in [6.45, 7) is 3.49. The van der Waals surface area contributed by atoms with E-state index in [1.165, 1.54) is 0 Å². The molecule has 1 amide bonds. The first-order valence-electron chi connectivity index (χ1n) is 9.13. The van der Waals surface area contributed by atoms with Crippen LogP contribution in [0.2, 0.25) is 5.02 Å². The molecule has 2 aromatic rings. The molecule has 26 heavy (non-hydrogen) atoms. The molecule has 0 spiro atoms. The van der Waals surface area contributed by atoms with Gasteiger partial charge in [-0.3, -0.25) is 9.48 Å². The smallest absolute Gasteiger partial charge is 0.272 e. The first-order valence-corrected chi connectivity index (χ1v) is 9.51. The zero-order valence-electron chi connectivity index (χ0n) is 14.6. The second-order valence-corrected chi connectivity index (χ2v) is 7.30. The molecule has 2 fully saturated rings. The number of nitrogens with zero attached hydrogens (tertiary/aromatic N) is 4. The van der Waals surface area contributed by atoms with Gasteiger partial charge in [0, 0.05) is 38.1 Å². The summed E-state index contributed by atoms with van der Waals surface area (Å²) in [7, 11) is 0. The van der Waals surface area contributed by atoms with E-state index in [0.29, 0.717) is 23.3 Å². The van der Waals surface area contributed by atoms with Crippen molar-refractivity contribution in [3.05, 3.63) is 41.3 Å². The zero-order chi connectivity index (χ0) is 17.9. The molecule has 2 aromatic heterocycles. The number of carbonyl (C=O) groups is 1. The van der Waals surface area contributed by atoms with E-state index in [-0.39, 0.29) is 11.9 Å². The lowest BCUT2D eigenvalue weighted by Crippen LogP contribution is -2.37. The minimum absolute atomic E-state index is 0.0714. The van der Waals surface area contributed by atoms with Crippen LogP contribution in [-0.2, 0) is 0 Å². The van der Waals surface area contributed by atoms with Gasteiger partial charge in [0.15, 0.2) is 0 Å². The Morgan fingerprint density at radius 3 is 3.08 bits per heavy atom. The highest BCUT2D eigenvalue weighted by Crippen LogP contribution is 2.25. The fourth-order valence-electron chi connectivity index (χ4n) is 3.66. The van der Waals surface area contributed by atoms with Crippen molar-refractivity contribution >= 4 is 23.3 Å². The van der Waals surface area contributed by atoms with Gasteiger partial charge in [-0.2, -0.15) is 5.10 Å². The SMILES string of the molecule is O=C(NC1CCN(c2ncccc2Cl)C1)c1ccn(C2CCCNC2)n1. The van der Waals surface area contributed by atoms with Crippen LogP contribution in [0.5, 0.6) is 0 Å². The van der Waals surface area contributed by atoms with Crippen LogP contribution in [-0.4, -0.2) is 52.9 Å². The van der Waals surface area contributed by atoms with Gasteiger partial charge in [0.25, 0.3) is 5.91 Å². The third-order valence-corrected chi connectivity index (χ3v) is 5.34. The van der Waals surface area contributed by atoms with E-state index in [1.807, 2.05) is 23.0 Å². The first-order chi connectivity index (χ1) is 12.7. The molecule has 2 N–H and O–H groups in total. The minimum Gasteiger partial charge on any atom is -0.353 e. The van der Waals surface area contributed by atoms with E-state index in [4.69, 9.17) is 11.6 Å². The molecule has 0 aliphatic carbocycles. The molecule has 4 heterocycles. The number of anilines is 1. The highest BCUT2D eigenvalue weighted by molar-refractivity contribution is 6.32. The van der Waals surface area contributed by atoms with E-state index in [0.717, 1.165) is 44.7 Å². The van der Waals surface area contributed by atoms with Gasteiger partial charge in [0.2, 0.25) is 0 Å². The summed E-state index contributed by atoms with van der Waals surface area (Å²) < 4.78 is 1.91. The number of piperidine rings is 1. The monoisotopic (exact) mass is 374 g/mol. The van der Waals surface area contributed by atoms with E-state index in [9.17, 15) is 4.79 Å². The van der Waals surface area contributed by atoms with Gasteiger partial charge < -0.3 is 15.5 Å². The Kier molecular flexibility index (Phi) is 5.08. The molecule has 7 nitrogen and oxygen atoms in total. The molecule has 0 aromatic carbocycles.